The monoisotopic (exact) mass is 275 g/mol. The molecule has 5 heteroatoms. The van der Waals surface area contributed by atoms with Crippen LogP contribution in [0, 0.1) is 0 Å². The molecule has 0 aromatic heterocycles. The van der Waals surface area contributed by atoms with Gasteiger partial charge in [0.05, 0.1) is 0 Å². The fourth-order valence-corrected chi connectivity index (χ4v) is 2.63. The zero-order chi connectivity index (χ0) is 14.4. The van der Waals surface area contributed by atoms with E-state index in [9.17, 15) is 9.59 Å². The highest BCUT2D eigenvalue weighted by Gasteiger charge is 2.27. The topological polar surface area (TPSA) is 75.4 Å². The van der Waals surface area contributed by atoms with Gasteiger partial charge in [-0.1, -0.05) is 43.2 Å². The summed E-state index contributed by atoms with van der Waals surface area (Å²) in [5.74, 6) is -0.466. The average Bonchev–Trinajstić information content (AvgIpc) is 2.97. The zero-order valence-corrected chi connectivity index (χ0v) is 11.5. The van der Waals surface area contributed by atoms with Crippen molar-refractivity contribution in [3.05, 3.63) is 35.9 Å². The lowest BCUT2D eigenvalue weighted by atomic mass is 10.2. The lowest BCUT2D eigenvalue weighted by Crippen LogP contribution is -2.48. The minimum absolute atomic E-state index is 0.00864. The van der Waals surface area contributed by atoms with Gasteiger partial charge in [0.2, 0.25) is 5.91 Å². The zero-order valence-electron chi connectivity index (χ0n) is 11.5. The van der Waals surface area contributed by atoms with E-state index in [-0.39, 0.29) is 18.6 Å². The van der Waals surface area contributed by atoms with E-state index in [2.05, 4.69) is 5.32 Å². The molecule has 2 rings (SSSR count). The van der Waals surface area contributed by atoms with Crippen LogP contribution < -0.4 is 11.1 Å². The summed E-state index contributed by atoms with van der Waals surface area (Å²) in [5.41, 5.74) is 6.28. The van der Waals surface area contributed by atoms with Gasteiger partial charge in [-0.2, -0.15) is 0 Å². The number of nitrogens with one attached hydrogen (secondary N) is 1. The first-order valence-electron chi connectivity index (χ1n) is 7.03. The maximum atomic E-state index is 12.2. The highest BCUT2D eigenvalue weighted by atomic mass is 16.2. The molecule has 1 aliphatic rings. The number of nitrogens with two attached hydrogens (primary N) is 1. The third kappa shape index (κ3) is 3.98. The van der Waals surface area contributed by atoms with Gasteiger partial charge < -0.3 is 16.0 Å². The number of nitrogens with zero attached hydrogens (tertiary/aromatic N) is 1. The molecule has 108 valence electrons. The van der Waals surface area contributed by atoms with E-state index >= 15 is 0 Å². The van der Waals surface area contributed by atoms with Crippen molar-refractivity contribution >= 4 is 11.9 Å². The quantitative estimate of drug-likeness (QED) is 0.857. The van der Waals surface area contributed by atoms with Crippen molar-refractivity contribution in [2.75, 3.05) is 6.54 Å². The van der Waals surface area contributed by atoms with Gasteiger partial charge in [-0.05, 0) is 18.4 Å². The molecule has 0 atom stereocenters. The van der Waals surface area contributed by atoms with Crippen LogP contribution in [-0.2, 0) is 11.3 Å². The van der Waals surface area contributed by atoms with E-state index in [1.54, 1.807) is 4.90 Å². The molecule has 0 radical (unpaired) electrons. The molecular formula is C15H21N3O2. The van der Waals surface area contributed by atoms with Crippen LogP contribution in [-0.4, -0.2) is 29.4 Å². The number of primary amides is 1. The highest BCUT2D eigenvalue weighted by molar-refractivity contribution is 5.83. The number of amides is 3. The molecule has 1 fully saturated rings. The van der Waals surface area contributed by atoms with Gasteiger partial charge in [0.1, 0.15) is 6.54 Å². The first kappa shape index (κ1) is 14.4. The van der Waals surface area contributed by atoms with E-state index < -0.39 is 5.91 Å². The van der Waals surface area contributed by atoms with E-state index in [0.717, 1.165) is 31.2 Å². The first-order chi connectivity index (χ1) is 9.66. The molecule has 5 nitrogen and oxygen atoms in total. The summed E-state index contributed by atoms with van der Waals surface area (Å²) in [6, 6.07) is 9.63. The van der Waals surface area contributed by atoms with Crippen LogP contribution in [0.15, 0.2) is 30.3 Å². The van der Waals surface area contributed by atoms with E-state index in [1.807, 2.05) is 30.3 Å². The minimum Gasteiger partial charge on any atom is -0.368 e. The Morgan fingerprint density at radius 1 is 1.20 bits per heavy atom. The summed E-state index contributed by atoms with van der Waals surface area (Å²) < 4.78 is 0. The molecule has 0 heterocycles. The van der Waals surface area contributed by atoms with Crippen molar-refractivity contribution in [1.82, 2.24) is 10.2 Å². The number of hydrogen-bond acceptors (Lipinski definition) is 2. The van der Waals surface area contributed by atoms with Crippen LogP contribution in [0.2, 0.25) is 0 Å². The normalized spacial score (nSPS) is 15.0. The standard InChI is InChI=1S/C15H21N3O2/c16-14(19)11-18(13-8-4-5-9-13)15(20)17-10-12-6-2-1-3-7-12/h1-3,6-7,13H,4-5,8-11H2,(H2,16,19)(H,17,20). The Morgan fingerprint density at radius 2 is 1.85 bits per heavy atom. The second-order valence-corrected chi connectivity index (χ2v) is 5.18. The molecule has 1 aromatic carbocycles. The number of hydrogen-bond donors (Lipinski definition) is 2. The molecule has 3 N–H and O–H groups in total. The SMILES string of the molecule is NC(=O)CN(C(=O)NCc1ccccc1)C1CCCC1. The second-order valence-electron chi connectivity index (χ2n) is 5.18. The third-order valence-corrected chi connectivity index (χ3v) is 3.64. The first-order valence-corrected chi connectivity index (χ1v) is 7.03. The molecule has 0 saturated heterocycles. The molecule has 0 aliphatic heterocycles. The van der Waals surface area contributed by atoms with Crippen molar-refractivity contribution in [3.8, 4) is 0 Å². The maximum Gasteiger partial charge on any atom is 0.318 e. The summed E-state index contributed by atoms with van der Waals surface area (Å²) in [7, 11) is 0. The number of carbonyl (C=O) groups excluding carboxylic acids is 2. The fraction of sp³-hybridized carbons (Fsp3) is 0.467. The van der Waals surface area contributed by atoms with E-state index in [0.29, 0.717) is 6.54 Å². The number of carbonyl (C=O) groups is 2. The lowest BCUT2D eigenvalue weighted by Gasteiger charge is -2.27. The van der Waals surface area contributed by atoms with E-state index in [4.69, 9.17) is 5.73 Å². The van der Waals surface area contributed by atoms with Gasteiger partial charge in [0.25, 0.3) is 0 Å². The maximum absolute atomic E-state index is 12.2. The smallest absolute Gasteiger partial charge is 0.318 e. The number of rotatable bonds is 5. The van der Waals surface area contributed by atoms with Gasteiger partial charge >= 0.3 is 6.03 Å². The Balaban J connectivity index is 1.93. The minimum atomic E-state index is -0.466. The molecule has 3 amide bonds. The van der Waals surface area contributed by atoms with Crippen molar-refractivity contribution in [3.63, 3.8) is 0 Å². The molecule has 1 aromatic rings. The Labute approximate surface area is 119 Å². The van der Waals surface area contributed by atoms with Crippen LogP contribution in [0.5, 0.6) is 0 Å². The summed E-state index contributed by atoms with van der Waals surface area (Å²) in [6.45, 7) is 0.451. The van der Waals surface area contributed by atoms with Gasteiger partial charge in [-0.15, -0.1) is 0 Å². The summed E-state index contributed by atoms with van der Waals surface area (Å²) in [4.78, 5) is 25.0. The van der Waals surface area contributed by atoms with Crippen molar-refractivity contribution in [1.29, 1.82) is 0 Å². The van der Waals surface area contributed by atoms with Crippen LogP contribution >= 0.6 is 0 Å². The van der Waals surface area contributed by atoms with Crippen molar-refractivity contribution < 1.29 is 9.59 Å². The second kappa shape index (κ2) is 6.93. The lowest BCUT2D eigenvalue weighted by molar-refractivity contribution is -0.119. The third-order valence-electron chi connectivity index (χ3n) is 3.64. The molecule has 20 heavy (non-hydrogen) atoms. The fourth-order valence-electron chi connectivity index (χ4n) is 2.63. The molecule has 1 aliphatic carbocycles. The van der Waals surface area contributed by atoms with Crippen LogP contribution in [0.1, 0.15) is 31.2 Å². The Bertz CT molecular complexity index is 455. The van der Waals surface area contributed by atoms with Crippen LogP contribution in [0.25, 0.3) is 0 Å². The van der Waals surface area contributed by atoms with Gasteiger partial charge in [0.15, 0.2) is 0 Å². The van der Waals surface area contributed by atoms with Gasteiger partial charge in [0, 0.05) is 12.6 Å². The Hall–Kier alpha value is -2.04. The van der Waals surface area contributed by atoms with E-state index in [1.165, 1.54) is 0 Å². The molecule has 1 saturated carbocycles. The Morgan fingerprint density at radius 3 is 2.45 bits per heavy atom. The summed E-state index contributed by atoms with van der Waals surface area (Å²) in [5, 5.41) is 2.86. The summed E-state index contributed by atoms with van der Waals surface area (Å²) >= 11 is 0. The average molecular weight is 275 g/mol. The predicted molar refractivity (Wildman–Crippen MR) is 76.8 cm³/mol. The molecule has 0 bridgehead atoms. The van der Waals surface area contributed by atoms with Crippen molar-refractivity contribution in [2.24, 2.45) is 5.73 Å². The summed E-state index contributed by atoms with van der Waals surface area (Å²) in [6.07, 6.45) is 4.11. The van der Waals surface area contributed by atoms with Crippen LogP contribution in [0.3, 0.4) is 0 Å². The molecule has 0 unspecified atom stereocenters. The van der Waals surface area contributed by atoms with Gasteiger partial charge in [-0.25, -0.2) is 4.79 Å². The molecule has 0 spiro atoms. The predicted octanol–water partition coefficient (Wildman–Crippen LogP) is 1.63. The van der Waals surface area contributed by atoms with Crippen molar-refractivity contribution in [2.45, 2.75) is 38.3 Å². The number of benzene rings is 1. The molecular weight excluding hydrogens is 254 g/mol. The Kier molecular flexibility index (Phi) is 4.98. The number of urea groups is 1. The van der Waals surface area contributed by atoms with Crippen LogP contribution in [0.4, 0.5) is 4.79 Å². The highest BCUT2D eigenvalue weighted by Crippen LogP contribution is 2.23. The van der Waals surface area contributed by atoms with Gasteiger partial charge in [-0.3, -0.25) is 4.79 Å². The largest absolute Gasteiger partial charge is 0.368 e.